The molecule has 0 radical (unpaired) electrons. The predicted octanol–water partition coefficient (Wildman–Crippen LogP) is 11.2. The first-order chi connectivity index (χ1) is 58.9. The summed E-state index contributed by atoms with van der Waals surface area (Å²) in [6.45, 7) is 19.0. The average Bonchev–Trinajstić information content (AvgIpc) is 1.66. The van der Waals surface area contributed by atoms with Gasteiger partial charge >= 0.3 is 109 Å². The van der Waals surface area contributed by atoms with Crippen LogP contribution in [0.2, 0.25) is 0 Å². The molecular formula is C74H70F12N38Pt4. The molecule has 0 atom stereocenters. The monoisotopic (exact) mass is 2500 g/mol. The summed E-state index contributed by atoms with van der Waals surface area (Å²) in [4.78, 5) is 55.8. The quantitative estimate of drug-likeness (QED) is 0.0967. The van der Waals surface area contributed by atoms with Gasteiger partial charge in [0, 0.05) is 208 Å². The van der Waals surface area contributed by atoms with Crippen molar-refractivity contribution >= 4 is 0 Å². The molecule has 0 aliphatic carbocycles. The number of hydrogen-bond donors (Lipinski definition) is 0. The van der Waals surface area contributed by atoms with Gasteiger partial charge in [0.25, 0.3) is 0 Å². The molecule has 18 rings (SSSR count). The molecule has 0 saturated heterocycles. The summed E-state index contributed by atoms with van der Waals surface area (Å²) < 4.78 is 161. The zero-order valence-electron chi connectivity index (χ0n) is 68.7. The van der Waals surface area contributed by atoms with Crippen molar-refractivity contribution in [2.24, 2.45) is 21.1 Å². The van der Waals surface area contributed by atoms with Crippen molar-refractivity contribution < 1.29 is 137 Å². The minimum absolute atomic E-state index is 0. The SMILES string of the molecule is CC(C)n1ccnc1-c1cc(C(F)(F)F)n[n-]1.CC(C)n1ccnc1-c1nc(C(F)(F)F)n[n-]1.Cc1n[n-]c(-c2nccn2-c2ccccc2)n1.Cc1n[n-]c(-c2nccn2-c2ccccc2)n1.Cc1n[n-]c(-c2nccn2C(C)C)n1.Cc1n[n-]c(-c2nccn2C)n1.Cn1ccnc1-c1cc(C(F)(F)F)n[n-]1.Cn1ccnc1-c1nc(C(F)(F)F)n[n-]1.[Pt+2].[Pt+2].[Pt+2].[Pt+2]. The van der Waals surface area contributed by atoms with Gasteiger partial charge in [-0.25, -0.2) is 39.9 Å². The molecule has 0 amide bonds. The van der Waals surface area contributed by atoms with Gasteiger partial charge in [0.05, 0.1) is 0 Å². The third-order valence-electron chi connectivity index (χ3n) is 16.4. The number of aromatic nitrogens is 38. The van der Waals surface area contributed by atoms with E-state index in [1.807, 2.05) is 159 Å². The van der Waals surface area contributed by atoms with Crippen molar-refractivity contribution in [1.82, 2.24) is 188 Å². The van der Waals surface area contributed by atoms with Crippen LogP contribution in [-0.2, 0) is 130 Å². The summed E-state index contributed by atoms with van der Waals surface area (Å²) in [6.07, 6.45) is 8.87. The molecule has 0 N–H and O–H groups in total. The largest absolute Gasteiger partial charge is 2.00 e. The van der Waals surface area contributed by atoms with Crippen molar-refractivity contribution in [1.29, 1.82) is 0 Å². The number of nitrogens with zero attached hydrogens (tertiary/aromatic N) is 38. The zero-order chi connectivity index (χ0) is 89.4. The van der Waals surface area contributed by atoms with Crippen LogP contribution in [0.5, 0.6) is 0 Å². The normalized spacial score (nSPS) is 11.1. The van der Waals surface area contributed by atoms with Gasteiger partial charge in [-0.05, 0) is 106 Å². The van der Waals surface area contributed by atoms with E-state index in [9.17, 15) is 52.7 Å². The van der Waals surface area contributed by atoms with Crippen LogP contribution in [0.15, 0.2) is 172 Å². The summed E-state index contributed by atoms with van der Waals surface area (Å²) >= 11 is 0. The Labute approximate surface area is 775 Å². The van der Waals surface area contributed by atoms with Gasteiger partial charge in [-0.1, -0.05) is 47.8 Å². The second-order valence-electron chi connectivity index (χ2n) is 26.6. The Morgan fingerprint density at radius 2 is 0.531 bits per heavy atom. The zero-order valence-corrected chi connectivity index (χ0v) is 77.8. The third-order valence-corrected chi connectivity index (χ3v) is 16.4. The van der Waals surface area contributed by atoms with Gasteiger partial charge in [0.2, 0.25) is 0 Å². The molecule has 0 saturated carbocycles. The molecule has 18 aromatic rings. The predicted molar refractivity (Wildman–Crippen MR) is 413 cm³/mol. The molecule has 54 heteroatoms. The maximum Gasteiger partial charge on any atom is 2.00 e. The number of halogens is 12. The average molecular weight is 2500 g/mol. The number of benzene rings is 2. The fourth-order valence-corrected chi connectivity index (χ4v) is 10.7. The van der Waals surface area contributed by atoms with E-state index in [-0.39, 0.29) is 131 Å². The molecule has 0 fully saturated rings. The Balaban J connectivity index is 0.000000200. The summed E-state index contributed by atoms with van der Waals surface area (Å²) in [5.74, 6) is 6.43. The van der Waals surface area contributed by atoms with E-state index in [4.69, 9.17) is 0 Å². The van der Waals surface area contributed by atoms with Gasteiger partial charge in [-0.3, -0.25) is 30.6 Å². The van der Waals surface area contributed by atoms with Gasteiger partial charge in [-0.2, -0.15) is 52.7 Å². The molecular weight excluding hydrogens is 2430 g/mol. The van der Waals surface area contributed by atoms with Crippen LogP contribution in [0.25, 0.3) is 104 Å². The Hall–Kier alpha value is -12.7. The Bertz CT molecular complexity index is 6010. The summed E-state index contributed by atoms with van der Waals surface area (Å²) in [5, 5.41) is 57.1. The molecule has 0 aliphatic rings. The van der Waals surface area contributed by atoms with E-state index in [1.165, 1.54) is 29.4 Å². The van der Waals surface area contributed by atoms with E-state index in [1.54, 1.807) is 84.3 Å². The second kappa shape index (κ2) is 45.1. The maximum atomic E-state index is 12.4. The van der Waals surface area contributed by atoms with Crippen LogP contribution in [-0.4, -0.2) is 147 Å². The standard InChI is InChI=1S/2C12H10N5.C10H10F3N4.C9H9F3N5.C9H12N5.C8H6F3N4.C7H5F3N5.C7H8N5.4Pt/c2*1-9-14-11(16-15-9)12-13-7-8-17(12)10-5-3-2-4-6-10;1-6(2)17-4-3-14-9(17)7-5-8(16-15-7)10(11,12)13;1-5(2)17-4-3-13-7(17)6-14-8(16-15-6)9(10,11)12;1-6(2)14-5-4-10-9(14)8-11-7(3)12-13-8;1-15-3-2-12-7(15)5-4-6(14-13-5)8(9,10)11;1-15-3-2-11-5(15)4-12-6(14-13-4)7(8,9)10;1-5-9-6(11-10-5)7-8-3-4-12(7)2;;;;/h2*2-8H,1H3;3-6H,1-2H3;3-5H,1-2H3;4-6H,1-3H3;2-4H,1H3;2-3H,1H3;3-4H,1-2H3;;;;/q8*-1;4*+2. The smallest absolute Gasteiger partial charge is 0.572 e. The molecule has 0 bridgehead atoms. The van der Waals surface area contributed by atoms with Gasteiger partial charge in [0.1, 0.15) is 69.6 Å². The van der Waals surface area contributed by atoms with E-state index >= 15 is 0 Å². The van der Waals surface area contributed by atoms with Gasteiger partial charge in [0.15, 0.2) is 0 Å². The Kier molecular flexibility index (Phi) is 36.1. The number of imidazole rings is 8. The van der Waals surface area contributed by atoms with Crippen LogP contribution >= 0.6 is 0 Å². The van der Waals surface area contributed by atoms with Crippen LogP contribution in [0.3, 0.4) is 0 Å². The molecule has 680 valence electrons. The van der Waals surface area contributed by atoms with E-state index in [0.29, 0.717) is 75.9 Å². The molecule has 38 nitrogen and oxygen atoms in total. The first-order valence-corrected chi connectivity index (χ1v) is 36.5. The van der Waals surface area contributed by atoms with Crippen LogP contribution in [0, 0.1) is 27.7 Å². The van der Waals surface area contributed by atoms with Crippen LogP contribution < -0.4 is 40.8 Å². The second-order valence-corrected chi connectivity index (χ2v) is 26.6. The van der Waals surface area contributed by atoms with Gasteiger partial charge < -0.3 is 117 Å². The molecule has 16 heterocycles. The number of aryl methyl sites for hydroxylation is 7. The number of rotatable bonds is 13. The first kappa shape index (κ1) is 102. The third kappa shape index (κ3) is 26.7. The van der Waals surface area contributed by atoms with Crippen molar-refractivity contribution in [3.8, 4) is 104 Å². The van der Waals surface area contributed by atoms with Crippen molar-refractivity contribution in [2.45, 2.75) is 112 Å². The summed E-state index contributed by atoms with van der Waals surface area (Å²) in [6, 6.07) is 22.2. The molecule has 16 aromatic heterocycles. The van der Waals surface area contributed by atoms with E-state index < -0.39 is 47.7 Å². The van der Waals surface area contributed by atoms with E-state index in [0.717, 1.165) is 35.2 Å². The number of para-hydroxylation sites is 2. The van der Waals surface area contributed by atoms with Gasteiger partial charge in [-0.15, -0.1) is 0 Å². The topological polar surface area (TPSA) is 436 Å². The molecule has 0 unspecified atom stereocenters. The molecule has 0 spiro atoms. The van der Waals surface area contributed by atoms with Crippen LogP contribution in [0.4, 0.5) is 52.7 Å². The van der Waals surface area contributed by atoms with E-state index in [2.05, 4.69) is 165 Å². The fourth-order valence-electron chi connectivity index (χ4n) is 10.7. The van der Waals surface area contributed by atoms with Crippen LogP contribution in [0.1, 0.15) is 106 Å². The fraction of sp³-hybridized carbons (Fsp3) is 0.270. The summed E-state index contributed by atoms with van der Waals surface area (Å²) in [7, 11) is 5.20. The minimum atomic E-state index is -4.58. The number of alkyl halides is 12. The van der Waals surface area contributed by atoms with Crippen molar-refractivity contribution in [3.05, 3.63) is 218 Å². The minimum Gasteiger partial charge on any atom is -0.572 e. The van der Waals surface area contributed by atoms with Crippen molar-refractivity contribution in [2.75, 3.05) is 0 Å². The first-order valence-electron chi connectivity index (χ1n) is 36.5. The summed E-state index contributed by atoms with van der Waals surface area (Å²) in [5.41, 5.74) is 0.321. The Morgan fingerprint density at radius 3 is 0.820 bits per heavy atom. The Morgan fingerprint density at radius 1 is 0.273 bits per heavy atom. The molecule has 128 heavy (non-hydrogen) atoms. The number of hydrogen-bond acceptors (Lipinski definition) is 22. The van der Waals surface area contributed by atoms with Crippen molar-refractivity contribution in [3.63, 3.8) is 0 Å². The molecule has 0 aliphatic heterocycles. The maximum absolute atomic E-state index is 12.4. The molecule has 2 aromatic carbocycles.